The third-order valence-corrected chi connectivity index (χ3v) is 3.23. The summed E-state index contributed by atoms with van der Waals surface area (Å²) in [7, 11) is 0. The number of ether oxygens (including phenoxy) is 1. The lowest BCUT2D eigenvalue weighted by Gasteiger charge is -2.22. The van der Waals surface area contributed by atoms with Crippen molar-refractivity contribution in [1.82, 2.24) is 20.2 Å². The Labute approximate surface area is 109 Å². The Kier molecular flexibility index (Phi) is 3.12. The molecule has 0 amide bonds. The zero-order valence-corrected chi connectivity index (χ0v) is 10.3. The molecule has 2 aromatic rings. The number of hydrogen-bond acceptors (Lipinski definition) is 5. The summed E-state index contributed by atoms with van der Waals surface area (Å²) >= 11 is 0. The van der Waals surface area contributed by atoms with Crippen molar-refractivity contribution in [2.75, 3.05) is 18.9 Å². The van der Waals surface area contributed by atoms with Crippen LogP contribution in [-0.2, 0) is 4.74 Å². The van der Waals surface area contributed by atoms with E-state index in [0.717, 1.165) is 19.4 Å². The fourth-order valence-corrected chi connectivity index (χ4v) is 2.26. The summed E-state index contributed by atoms with van der Waals surface area (Å²) in [5.41, 5.74) is 6.84. The van der Waals surface area contributed by atoms with Gasteiger partial charge in [-0.1, -0.05) is 0 Å². The van der Waals surface area contributed by atoms with Crippen LogP contribution < -0.4 is 5.73 Å². The van der Waals surface area contributed by atoms with Crippen molar-refractivity contribution in [3.8, 4) is 11.4 Å². The first-order chi connectivity index (χ1) is 9.25. The molecular formula is C12H14FN5O. The summed E-state index contributed by atoms with van der Waals surface area (Å²) in [5, 5.41) is 11.6. The number of hydrogen-bond donors (Lipinski definition) is 1. The van der Waals surface area contributed by atoms with E-state index in [1.807, 2.05) is 0 Å². The molecule has 2 heterocycles. The topological polar surface area (TPSA) is 78.9 Å². The van der Waals surface area contributed by atoms with Gasteiger partial charge in [-0.3, -0.25) is 0 Å². The summed E-state index contributed by atoms with van der Waals surface area (Å²) in [6.07, 6.45) is 1.90. The smallest absolute Gasteiger partial charge is 0.184 e. The van der Waals surface area contributed by atoms with Gasteiger partial charge >= 0.3 is 0 Å². The Morgan fingerprint density at radius 1 is 1.42 bits per heavy atom. The Morgan fingerprint density at radius 2 is 2.32 bits per heavy atom. The lowest BCUT2D eigenvalue weighted by molar-refractivity contribution is 0.0548. The monoisotopic (exact) mass is 263 g/mol. The number of benzene rings is 1. The van der Waals surface area contributed by atoms with E-state index in [-0.39, 0.29) is 11.9 Å². The molecule has 1 aliphatic heterocycles. The molecule has 1 aliphatic rings. The van der Waals surface area contributed by atoms with E-state index in [4.69, 9.17) is 10.5 Å². The number of anilines is 1. The Bertz CT molecular complexity index is 579. The van der Waals surface area contributed by atoms with Crippen LogP contribution in [0.15, 0.2) is 18.2 Å². The molecule has 0 radical (unpaired) electrons. The molecule has 6 nitrogen and oxygen atoms in total. The number of nitrogens with two attached hydrogens (primary N) is 1. The van der Waals surface area contributed by atoms with Gasteiger partial charge in [-0.05, 0) is 41.5 Å². The highest BCUT2D eigenvalue weighted by Crippen LogP contribution is 2.28. The van der Waals surface area contributed by atoms with E-state index in [0.29, 0.717) is 23.7 Å². The molecule has 0 bridgehead atoms. The van der Waals surface area contributed by atoms with E-state index in [1.54, 1.807) is 4.68 Å². The van der Waals surface area contributed by atoms with Gasteiger partial charge in [-0.2, -0.15) is 0 Å². The van der Waals surface area contributed by atoms with Crippen molar-refractivity contribution in [3.05, 3.63) is 24.0 Å². The van der Waals surface area contributed by atoms with Crippen LogP contribution in [0.1, 0.15) is 18.9 Å². The van der Waals surface area contributed by atoms with Crippen molar-refractivity contribution >= 4 is 5.69 Å². The van der Waals surface area contributed by atoms with Crippen LogP contribution in [0.3, 0.4) is 0 Å². The molecule has 1 aromatic carbocycles. The molecule has 0 aliphatic carbocycles. The van der Waals surface area contributed by atoms with E-state index < -0.39 is 0 Å². The number of aromatic nitrogens is 4. The molecule has 0 spiro atoms. The Balaban J connectivity index is 2.01. The van der Waals surface area contributed by atoms with Gasteiger partial charge in [0.1, 0.15) is 5.82 Å². The van der Waals surface area contributed by atoms with Crippen molar-refractivity contribution in [2.45, 2.75) is 18.9 Å². The van der Waals surface area contributed by atoms with Crippen molar-refractivity contribution in [1.29, 1.82) is 0 Å². The predicted octanol–water partition coefficient (Wildman–Crippen LogP) is 1.41. The minimum atomic E-state index is -0.362. The second-order valence-corrected chi connectivity index (χ2v) is 4.55. The largest absolute Gasteiger partial charge is 0.398 e. The average Bonchev–Trinajstić information content (AvgIpc) is 2.91. The van der Waals surface area contributed by atoms with E-state index in [1.165, 1.54) is 18.2 Å². The standard InChI is InChI=1S/C12H14FN5O/c13-8-3-4-11(14)10(6-8)12-15-16-17-18(12)9-2-1-5-19-7-9/h3-4,6,9H,1-2,5,7,14H2. The third kappa shape index (κ3) is 2.28. The van der Waals surface area contributed by atoms with Crippen molar-refractivity contribution in [3.63, 3.8) is 0 Å². The molecular weight excluding hydrogens is 249 g/mol. The molecule has 0 saturated carbocycles. The second-order valence-electron chi connectivity index (χ2n) is 4.55. The molecule has 1 aromatic heterocycles. The first kappa shape index (κ1) is 12.0. The van der Waals surface area contributed by atoms with Crippen LogP contribution in [-0.4, -0.2) is 33.4 Å². The summed E-state index contributed by atoms with van der Waals surface area (Å²) in [4.78, 5) is 0. The molecule has 1 atom stereocenters. The maximum Gasteiger partial charge on any atom is 0.184 e. The van der Waals surface area contributed by atoms with Crippen molar-refractivity contribution < 1.29 is 9.13 Å². The van der Waals surface area contributed by atoms with Gasteiger partial charge in [-0.15, -0.1) is 5.10 Å². The lowest BCUT2D eigenvalue weighted by atomic mass is 10.1. The number of nitrogens with zero attached hydrogens (tertiary/aromatic N) is 4. The summed E-state index contributed by atoms with van der Waals surface area (Å²) in [6.45, 7) is 1.32. The van der Waals surface area contributed by atoms with Gasteiger partial charge in [0.2, 0.25) is 0 Å². The van der Waals surface area contributed by atoms with Crippen LogP contribution >= 0.6 is 0 Å². The molecule has 1 fully saturated rings. The first-order valence-electron chi connectivity index (χ1n) is 6.16. The normalized spacial score (nSPS) is 19.5. The minimum Gasteiger partial charge on any atom is -0.398 e. The zero-order valence-electron chi connectivity index (χ0n) is 10.3. The quantitative estimate of drug-likeness (QED) is 0.829. The number of nitrogen functional groups attached to an aromatic ring is 1. The molecule has 1 unspecified atom stereocenters. The van der Waals surface area contributed by atoms with Gasteiger partial charge in [0, 0.05) is 17.9 Å². The van der Waals surface area contributed by atoms with E-state index >= 15 is 0 Å². The van der Waals surface area contributed by atoms with Crippen LogP contribution in [0, 0.1) is 5.82 Å². The molecule has 19 heavy (non-hydrogen) atoms. The SMILES string of the molecule is Nc1ccc(F)cc1-c1nnnn1C1CCCOC1. The Morgan fingerprint density at radius 3 is 3.11 bits per heavy atom. The van der Waals surface area contributed by atoms with Crippen LogP contribution in [0.25, 0.3) is 11.4 Å². The number of halogens is 1. The average molecular weight is 263 g/mol. The predicted molar refractivity (Wildman–Crippen MR) is 66.7 cm³/mol. The summed E-state index contributed by atoms with van der Waals surface area (Å²) < 4.78 is 20.5. The van der Waals surface area contributed by atoms with E-state index in [9.17, 15) is 4.39 Å². The number of rotatable bonds is 2. The van der Waals surface area contributed by atoms with Gasteiger partial charge in [0.25, 0.3) is 0 Å². The first-order valence-corrected chi connectivity index (χ1v) is 6.16. The van der Waals surface area contributed by atoms with Gasteiger partial charge in [0.15, 0.2) is 5.82 Å². The molecule has 7 heteroatoms. The number of tetrazole rings is 1. The maximum atomic E-state index is 13.4. The van der Waals surface area contributed by atoms with Crippen molar-refractivity contribution in [2.24, 2.45) is 0 Å². The second kappa shape index (κ2) is 4.93. The molecule has 3 rings (SSSR count). The third-order valence-electron chi connectivity index (χ3n) is 3.23. The molecule has 2 N–H and O–H groups in total. The highest BCUT2D eigenvalue weighted by atomic mass is 19.1. The van der Waals surface area contributed by atoms with E-state index in [2.05, 4.69) is 15.5 Å². The fourth-order valence-electron chi connectivity index (χ4n) is 2.26. The molecule has 100 valence electrons. The maximum absolute atomic E-state index is 13.4. The molecule has 1 saturated heterocycles. The van der Waals surface area contributed by atoms with Crippen LogP contribution in [0.4, 0.5) is 10.1 Å². The fraction of sp³-hybridized carbons (Fsp3) is 0.417. The zero-order chi connectivity index (χ0) is 13.2. The van der Waals surface area contributed by atoms with Crippen LogP contribution in [0.2, 0.25) is 0 Å². The summed E-state index contributed by atoms with van der Waals surface area (Å²) in [5.74, 6) is 0.117. The van der Waals surface area contributed by atoms with Gasteiger partial charge in [0.05, 0.1) is 12.6 Å². The summed E-state index contributed by atoms with van der Waals surface area (Å²) in [6, 6.07) is 4.25. The van der Waals surface area contributed by atoms with Gasteiger partial charge in [-0.25, -0.2) is 9.07 Å². The lowest BCUT2D eigenvalue weighted by Crippen LogP contribution is -2.23. The highest BCUT2D eigenvalue weighted by Gasteiger charge is 2.22. The van der Waals surface area contributed by atoms with Crippen LogP contribution in [0.5, 0.6) is 0 Å². The van der Waals surface area contributed by atoms with Gasteiger partial charge < -0.3 is 10.5 Å². The highest BCUT2D eigenvalue weighted by molar-refractivity contribution is 5.71. The minimum absolute atomic E-state index is 0.0708. The Hall–Kier alpha value is -2.02.